The molecule has 4 heteroatoms. The van der Waals surface area contributed by atoms with Crippen molar-refractivity contribution in [1.82, 2.24) is 10.6 Å². The number of nitrogens with one attached hydrogen (secondary N) is 2. The molecule has 92 valence electrons. The minimum atomic E-state index is -0.0477. The van der Waals surface area contributed by atoms with Crippen LogP contribution in [0.15, 0.2) is 0 Å². The summed E-state index contributed by atoms with van der Waals surface area (Å²) in [5.74, 6) is 0.184. The number of carbonyl (C=O) groups excluding carboxylic acids is 1. The summed E-state index contributed by atoms with van der Waals surface area (Å²) < 4.78 is 5.32. The van der Waals surface area contributed by atoms with Crippen molar-refractivity contribution < 1.29 is 9.53 Å². The van der Waals surface area contributed by atoms with E-state index in [4.69, 9.17) is 4.74 Å². The van der Waals surface area contributed by atoms with Gasteiger partial charge in [0.15, 0.2) is 0 Å². The molecule has 2 heterocycles. The Morgan fingerprint density at radius 2 is 2.25 bits per heavy atom. The molecule has 0 radical (unpaired) electrons. The van der Waals surface area contributed by atoms with Gasteiger partial charge in [0.25, 0.3) is 0 Å². The predicted octanol–water partition coefficient (Wildman–Crippen LogP) is 0.814. The molecule has 0 aromatic heterocycles. The lowest BCUT2D eigenvalue weighted by molar-refractivity contribution is -0.124. The van der Waals surface area contributed by atoms with E-state index in [2.05, 4.69) is 17.6 Å². The normalized spacial score (nSPS) is 28.9. The molecule has 16 heavy (non-hydrogen) atoms. The van der Waals surface area contributed by atoms with Gasteiger partial charge >= 0.3 is 0 Å². The number of carbonyl (C=O) groups is 1. The molecule has 2 saturated heterocycles. The molecule has 2 fully saturated rings. The zero-order chi connectivity index (χ0) is 11.4. The maximum atomic E-state index is 11.9. The van der Waals surface area contributed by atoms with E-state index in [-0.39, 0.29) is 11.4 Å². The largest absolute Gasteiger partial charge is 0.381 e. The van der Waals surface area contributed by atoms with E-state index in [0.29, 0.717) is 12.5 Å². The van der Waals surface area contributed by atoms with Gasteiger partial charge in [0.2, 0.25) is 5.91 Å². The molecule has 4 nitrogen and oxygen atoms in total. The van der Waals surface area contributed by atoms with Crippen LogP contribution in [0.4, 0.5) is 0 Å². The van der Waals surface area contributed by atoms with Crippen LogP contribution < -0.4 is 10.6 Å². The molecule has 0 aromatic carbocycles. The summed E-state index contributed by atoms with van der Waals surface area (Å²) in [6, 6.07) is 0.392. The van der Waals surface area contributed by atoms with E-state index in [1.54, 1.807) is 0 Å². The quantitative estimate of drug-likeness (QED) is 0.749. The summed E-state index contributed by atoms with van der Waals surface area (Å²) in [6.45, 7) is 4.70. The SMILES string of the molecule is CC1(NC(=O)CC2CCCN2)CCOCC1. The Morgan fingerprint density at radius 1 is 1.50 bits per heavy atom. The molecule has 2 rings (SSSR count). The highest BCUT2D eigenvalue weighted by Gasteiger charge is 2.29. The topological polar surface area (TPSA) is 50.4 Å². The summed E-state index contributed by atoms with van der Waals surface area (Å²) in [5, 5.41) is 6.51. The third-order valence-corrected chi connectivity index (χ3v) is 3.63. The number of hydrogen-bond acceptors (Lipinski definition) is 3. The lowest BCUT2D eigenvalue weighted by atomic mass is 9.92. The molecule has 1 amide bonds. The Labute approximate surface area is 97.1 Å². The molecule has 0 aliphatic carbocycles. The number of amides is 1. The molecular weight excluding hydrogens is 204 g/mol. The van der Waals surface area contributed by atoms with Crippen molar-refractivity contribution in [2.45, 2.75) is 50.6 Å². The molecule has 1 unspecified atom stereocenters. The number of ether oxygens (including phenoxy) is 1. The first-order chi connectivity index (χ1) is 7.68. The predicted molar refractivity (Wildman–Crippen MR) is 62.2 cm³/mol. The van der Waals surface area contributed by atoms with Crippen molar-refractivity contribution in [2.24, 2.45) is 0 Å². The summed E-state index contributed by atoms with van der Waals surface area (Å²) in [5.41, 5.74) is -0.0477. The standard InChI is InChI=1S/C12H22N2O2/c1-12(4-7-16-8-5-12)14-11(15)9-10-3-2-6-13-10/h10,13H,2-9H2,1H3,(H,14,15). The van der Waals surface area contributed by atoms with E-state index in [9.17, 15) is 4.79 Å². The van der Waals surface area contributed by atoms with Crippen LogP contribution in [0, 0.1) is 0 Å². The van der Waals surface area contributed by atoms with E-state index in [0.717, 1.165) is 39.0 Å². The van der Waals surface area contributed by atoms with Crippen LogP contribution in [0.3, 0.4) is 0 Å². The fraction of sp³-hybridized carbons (Fsp3) is 0.917. The fourth-order valence-electron chi connectivity index (χ4n) is 2.49. The zero-order valence-corrected chi connectivity index (χ0v) is 10.1. The van der Waals surface area contributed by atoms with Gasteiger partial charge in [-0.3, -0.25) is 4.79 Å². The average molecular weight is 226 g/mol. The minimum absolute atomic E-state index is 0.0477. The van der Waals surface area contributed by atoms with Gasteiger partial charge in [0.1, 0.15) is 0 Å². The van der Waals surface area contributed by atoms with Crippen LogP contribution in [0.25, 0.3) is 0 Å². The van der Waals surface area contributed by atoms with E-state index in [1.165, 1.54) is 6.42 Å². The number of hydrogen-bond donors (Lipinski definition) is 2. The third kappa shape index (κ3) is 3.19. The van der Waals surface area contributed by atoms with Crippen LogP contribution in [0.1, 0.15) is 39.0 Å². The molecule has 2 aliphatic heterocycles. The van der Waals surface area contributed by atoms with Crippen molar-refractivity contribution in [3.05, 3.63) is 0 Å². The van der Waals surface area contributed by atoms with Gasteiger partial charge in [-0.05, 0) is 39.2 Å². The second-order valence-electron chi connectivity index (χ2n) is 5.22. The highest BCUT2D eigenvalue weighted by Crippen LogP contribution is 2.20. The van der Waals surface area contributed by atoms with Crippen LogP contribution in [0.5, 0.6) is 0 Å². The molecule has 0 aromatic rings. The van der Waals surface area contributed by atoms with Crippen molar-refractivity contribution in [3.63, 3.8) is 0 Å². The van der Waals surface area contributed by atoms with Gasteiger partial charge in [-0.15, -0.1) is 0 Å². The summed E-state index contributed by atoms with van der Waals surface area (Å²) in [6.07, 6.45) is 4.81. The molecule has 2 aliphatic rings. The monoisotopic (exact) mass is 226 g/mol. The molecule has 0 saturated carbocycles. The maximum absolute atomic E-state index is 11.9. The van der Waals surface area contributed by atoms with Crippen LogP contribution in [0.2, 0.25) is 0 Å². The van der Waals surface area contributed by atoms with E-state index in [1.807, 2.05) is 0 Å². The Morgan fingerprint density at radius 3 is 2.88 bits per heavy atom. The molecule has 0 bridgehead atoms. The second kappa shape index (κ2) is 5.15. The first-order valence-electron chi connectivity index (χ1n) is 6.30. The minimum Gasteiger partial charge on any atom is -0.381 e. The van der Waals surface area contributed by atoms with Crippen LogP contribution >= 0.6 is 0 Å². The van der Waals surface area contributed by atoms with Crippen molar-refractivity contribution in [3.8, 4) is 0 Å². The fourth-order valence-corrected chi connectivity index (χ4v) is 2.49. The first kappa shape index (κ1) is 11.9. The average Bonchev–Trinajstić information content (AvgIpc) is 2.70. The van der Waals surface area contributed by atoms with Crippen LogP contribution in [-0.2, 0) is 9.53 Å². The Balaban J connectivity index is 1.76. The molecule has 2 N–H and O–H groups in total. The lowest BCUT2D eigenvalue weighted by Crippen LogP contribution is -2.50. The summed E-state index contributed by atoms with van der Waals surface area (Å²) in [4.78, 5) is 11.9. The van der Waals surface area contributed by atoms with Crippen molar-refractivity contribution in [1.29, 1.82) is 0 Å². The van der Waals surface area contributed by atoms with Gasteiger partial charge < -0.3 is 15.4 Å². The van der Waals surface area contributed by atoms with E-state index >= 15 is 0 Å². The Bertz CT molecular complexity index is 243. The van der Waals surface area contributed by atoms with Gasteiger partial charge in [-0.2, -0.15) is 0 Å². The smallest absolute Gasteiger partial charge is 0.221 e. The first-order valence-corrected chi connectivity index (χ1v) is 6.30. The zero-order valence-electron chi connectivity index (χ0n) is 10.1. The molecular formula is C12H22N2O2. The Kier molecular flexibility index (Phi) is 3.82. The molecule has 0 spiro atoms. The van der Waals surface area contributed by atoms with Crippen LogP contribution in [-0.4, -0.2) is 37.2 Å². The lowest BCUT2D eigenvalue weighted by Gasteiger charge is -2.34. The highest BCUT2D eigenvalue weighted by atomic mass is 16.5. The van der Waals surface area contributed by atoms with Gasteiger partial charge in [-0.1, -0.05) is 0 Å². The third-order valence-electron chi connectivity index (χ3n) is 3.63. The maximum Gasteiger partial charge on any atom is 0.221 e. The highest BCUT2D eigenvalue weighted by molar-refractivity contribution is 5.77. The summed E-state index contributed by atoms with van der Waals surface area (Å²) in [7, 11) is 0. The summed E-state index contributed by atoms with van der Waals surface area (Å²) >= 11 is 0. The van der Waals surface area contributed by atoms with Crippen molar-refractivity contribution in [2.75, 3.05) is 19.8 Å². The van der Waals surface area contributed by atoms with Gasteiger partial charge in [-0.25, -0.2) is 0 Å². The number of rotatable bonds is 3. The molecule has 1 atom stereocenters. The van der Waals surface area contributed by atoms with E-state index < -0.39 is 0 Å². The van der Waals surface area contributed by atoms with Gasteiger partial charge in [0, 0.05) is 31.2 Å². The Hall–Kier alpha value is -0.610. The van der Waals surface area contributed by atoms with Gasteiger partial charge in [0.05, 0.1) is 0 Å². The second-order valence-corrected chi connectivity index (χ2v) is 5.22. The van der Waals surface area contributed by atoms with Crippen molar-refractivity contribution >= 4 is 5.91 Å².